The molecule has 0 spiro atoms. The van der Waals surface area contributed by atoms with Gasteiger partial charge in [-0.15, -0.1) is 35.3 Å². The number of methoxy groups -OCH3 is 1. The van der Waals surface area contributed by atoms with Crippen molar-refractivity contribution >= 4 is 58.6 Å². The number of guanidine groups is 1. The first-order valence-electron chi connectivity index (χ1n) is 5.90. The second-order valence-electron chi connectivity index (χ2n) is 4.04. The first kappa shape index (κ1) is 18.0. The van der Waals surface area contributed by atoms with Crippen molar-refractivity contribution in [2.24, 2.45) is 10.7 Å². The van der Waals surface area contributed by atoms with E-state index in [0.29, 0.717) is 23.3 Å². The average molecular weight is 439 g/mol. The van der Waals surface area contributed by atoms with Crippen LogP contribution in [0.2, 0.25) is 5.02 Å². The van der Waals surface area contributed by atoms with Crippen LogP contribution in [-0.2, 0) is 6.54 Å². The van der Waals surface area contributed by atoms with Gasteiger partial charge in [0.25, 0.3) is 0 Å². The maximum atomic E-state index is 6.03. The zero-order valence-corrected chi connectivity index (χ0v) is 15.5. The molecule has 0 saturated heterocycles. The monoisotopic (exact) mass is 438 g/mol. The number of aromatic nitrogens is 1. The molecule has 0 atom stereocenters. The minimum Gasteiger partial charge on any atom is -0.495 e. The van der Waals surface area contributed by atoms with Crippen LogP contribution < -0.4 is 15.8 Å². The van der Waals surface area contributed by atoms with Crippen molar-refractivity contribution in [3.63, 3.8) is 0 Å². The van der Waals surface area contributed by atoms with Gasteiger partial charge in [-0.2, -0.15) is 0 Å². The van der Waals surface area contributed by atoms with E-state index in [2.05, 4.69) is 15.3 Å². The summed E-state index contributed by atoms with van der Waals surface area (Å²) in [6.07, 6.45) is 1.82. The number of anilines is 1. The van der Waals surface area contributed by atoms with E-state index in [-0.39, 0.29) is 24.0 Å². The number of rotatable bonds is 4. The van der Waals surface area contributed by atoms with Crippen LogP contribution in [0.4, 0.5) is 5.69 Å². The minimum atomic E-state index is 0. The summed E-state index contributed by atoms with van der Waals surface area (Å²) in [5, 5.41) is 4.42. The summed E-state index contributed by atoms with van der Waals surface area (Å²) in [5.74, 6) is 0.935. The maximum absolute atomic E-state index is 6.03. The highest BCUT2D eigenvalue weighted by molar-refractivity contribution is 14.0. The zero-order chi connectivity index (χ0) is 14.5. The molecule has 114 valence electrons. The summed E-state index contributed by atoms with van der Waals surface area (Å²) in [4.78, 5) is 9.61. The minimum absolute atomic E-state index is 0. The van der Waals surface area contributed by atoms with Crippen molar-refractivity contribution < 1.29 is 4.74 Å². The van der Waals surface area contributed by atoms with E-state index >= 15 is 0 Å². The third-order valence-electron chi connectivity index (χ3n) is 2.48. The molecule has 1 heterocycles. The van der Waals surface area contributed by atoms with Gasteiger partial charge in [0.1, 0.15) is 10.8 Å². The zero-order valence-electron chi connectivity index (χ0n) is 11.6. The van der Waals surface area contributed by atoms with E-state index in [1.807, 2.05) is 19.2 Å². The molecule has 0 amide bonds. The molecule has 21 heavy (non-hydrogen) atoms. The largest absolute Gasteiger partial charge is 0.495 e. The average Bonchev–Trinajstić information content (AvgIpc) is 2.82. The molecule has 8 heteroatoms. The van der Waals surface area contributed by atoms with Gasteiger partial charge >= 0.3 is 0 Å². The molecule has 5 nitrogen and oxygen atoms in total. The van der Waals surface area contributed by atoms with Crippen LogP contribution in [0.3, 0.4) is 0 Å². The number of hydrogen-bond acceptors (Lipinski definition) is 4. The Labute approximate surface area is 149 Å². The van der Waals surface area contributed by atoms with Crippen molar-refractivity contribution in [1.82, 2.24) is 4.98 Å². The van der Waals surface area contributed by atoms with Crippen LogP contribution in [0, 0.1) is 6.92 Å². The third kappa shape index (κ3) is 5.33. The van der Waals surface area contributed by atoms with Crippen molar-refractivity contribution in [2.75, 3.05) is 12.4 Å². The molecule has 0 bridgehead atoms. The van der Waals surface area contributed by atoms with Gasteiger partial charge in [0.05, 0.1) is 18.7 Å². The Hall–Kier alpha value is -1.06. The highest BCUT2D eigenvalue weighted by Crippen LogP contribution is 2.27. The van der Waals surface area contributed by atoms with Crippen LogP contribution in [0.1, 0.15) is 9.88 Å². The molecule has 0 unspecified atom stereocenters. The first-order valence-corrected chi connectivity index (χ1v) is 7.09. The Bertz CT molecular complexity index is 632. The van der Waals surface area contributed by atoms with Gasteiger partial charge in [-0.3, -0.25) is 0 Å². The molecule has 1 aromatic carbocycles. The second kappa shape index (κ2) is 8.40. The number of halogens is 2. The molecular weight excluding hydrogens is 423 g/mol. The van der Waals surface area contributed by atoms with Crippen LogP contribution in [0.5, 0.6) is 5.75 Å². The molecule has 2 aromatic rings. The lowest BCUT2D eigenvalue weighted by molar-refractivity contribution is 0.415. The molecule has 0 aliphatic carbocycles. The van der Waals surface area contributed by atoms with Crippen molar-refractivity contribution in [3.8, 4) is 5.75 Å². The van der Waals surface area contributed by atoms with E-state index in [1.54, 1.807) is 30.6 Å². The van der Waals surface area contributed by atoms with Crippen LogP contribution in [-0.4, -0.2) is 18.1 Å². The van der Waals surface area contributed by atoms with Crippen LogP contribution in [0.15, 0.2) is 29.4 Å². The number of nitrogens with zero attached hydrogens (tertiary/aromatic N) is 2. The number of aliphatic imine (C=N–C) groups is 1. The number of nitrogens with one attached hydrogen (secondary N) is 1. The molecule has 1 aromatic heterocycles. The molecule has 0 aliphatic rings. The summed E-state index contributed by atoms with van der Waals surface area (Å²) in [6, 6.07) is 5.32. The SMILES string of the molecule is COc1ccc(NC(N)=NCc2ncc(C)s2)cc1Cl.I. The topological polar surface area (TPSA) is 72.5 Å². The Balaban J connectivity index is 0.00000220. The van der Waals surface area contributed by atoms with Crippen LogP contribution >= 0.6 is 46.9 Å². The number of aryl methyl sites for hydroxylation is 1. The van der Waals surface area contributed by atoms with E-state index in [0.717, 1.165) is 15.6 Å². The standard InChI is InChI=1S/C13H15ClN4OS.HI/c1-8-6-16-12(20-8)7-17-13(15)18-9-3-4-11(19-2)10(14)5-9;/h3-6H,7H2,1-2H3,(H3,15,17,18);1H. The summed E-state index contributed by atoms with van der Waals surface area (Å²) in [7, 11) is 1.57. The third-order valence-corrected chi connectivity index (χ3v) is 3.67. The number of benzene rings is 1. The van der Waals surface area contributed by atoms with E-state index < -0.39 is 0 Å². The fraction of sp³-hybridized carbons (Fsp3) is 0.231. The molecule has 0 aliphatic heterocycles. The lowest BCUT2D eigenvalue weighted by Gasteiger charge is -2.08. The molecular formula is C13H16ClIN4OS. The summed E-state index contributed by atoms with van der Waals surface area (Å²) < 4.78 is 5.08. The van der Waals surface area contributed by atoms with Gasteiger partial charge in [-0.25, -0.2) is 9.98 Å². The molecule has 2 rings (SSSR count). The fourth-order valence-corrected chi connectivity index (χ4v) is 2.53. The first-order chi connectivity index (χ1) is 9.58. The fourth-order valence-electron chi connectivity index (χ4n) is 1.56. The number of thiazole rings is 1. The highest BCUT2D eigenvalue weighted by Gasteiger charge is 2.03. The summed E-state index contributed by atoms with van der Waals surface area (Å²) >= 11 is 7.64. The normalized spacial score (nSPS) is 10.9. The predicted octanol–water partition coefficient (Wildman–Crippen LogP) is 3.66. The van der Waals surface area contributed by atoms with Gasteiger partial charge in [-0.1, -0.05) is 11.6 Å². The molecule has 3 N–H and O–H groups in total. The van der Waals surface area contributed by atoms with Crippen molar-refractivity contribution in [3.05, 3.63) is 39.3 Å². The Morgan fingerprint density at radius 1 is 1.52 bits per heavy atom. The lowest BCUT2D eigenvalue weighted by Crippen LogP contribution is -2.22. The summed E-state index contributed by atoms with van der Waals surface area (Å²) in [6.45, 7) is 2.47. The Kier molecular flexibility index (Phi) is 7.20. The lowest BCUT2D eigenvalue weighted by atomic mass is 10.3. The van der Waals surface area contributed by atoms with E-state index in [1.165, 1.54) is 0 Å². The Morgan fingerprint density at radius 2 is 2.29 bits per heavy atom. The van der Waals surface area contributed by atoms with E-state index in [4.69, 9.17) is 22.1 Å². The van der Waals surface area contributed by atoms with Gasteiger partial charge in [0.15, 0.2) is 5.96 Å². The van der Waals surface area contributed by atoms with E-state index in [9.17, 15) is 0 Å². The number of nitrogens with two attached hydrogens (primary N) is 1. The van der Waals surface area contributed by atoms with Gasteiger partial charge in [0, 0.05) is 16.8 Å². The Morgan fingerprint density at radius 3 is 2.86 bits per heavy atom. The smallest absolute Gasteiger partial charge is 0.193 e. The molecule has 0 saturated carbocycles. The maximum Gasteiger partial charge on any atom is 0.193 e. The quantitative estimate of drug-likeness (QED) is 0.434. The van der Waals surface area contributed by atoms with Crippen molar-refractivity contribution in [1.29, 1.82) is 0 Å². The van der Waals surface area contributed by atoms with Gasteiger partial charge in [-0.05, 0) is 25.1 Å². The highest BCUT2D eigenvalue weighted by atomic mass is 127. The molecule has 0 fully saturated rings. The summed E-state index contributed by atoms with van der Waals surface area (Å²) in [5.41, 5.74) is 6.58. The second-order valence-corrected chi connectivity index (χ2v) is 5.77. The van der Waals surface area contributed by atoms with Gasteiger partial charge < -0.3 is 15.8 Å². The van der Waals surface area contributed by atoms with Crippen LogP contribution in [0.25, 0.3) is 0 Å². The molecule has 0 radical (unpaired) electrons. The predicted molar refractivity (Wildman–Crippen MR) is 99.2 cm³/mol. The number of hydrogen-bond donors (Lipinski definition) is 2. The van der Waals surface area contributed by atoms with Gasteiger partial charge in [0.2, 0.25) is 0 Å². The van der Waals surface area contributed by atoms with Crippen molar-refractivity contribution in [2.45, 2.75) is 13.5 Å². The number of ether oxygens (including phenoxy) is 1.